The number of rotatable bonds is 3. The van der Waals surface area contributed by atoms with Gasteiger partial charge in [0.15, 0.2) is 0 Å². The largest absolute Gasteiger partial charge is 0.318 e. The van der Waals surface area contributed by atoms with Gasteiger partial charge < -0.3 is 4.57 Å². The van der Waals surface area contributed by atoms with Crippen LogP contribution in [-0.2, 0) is 11.8 Å². The number of fused-ring (bicyclic) bond motifs is 1. The third-order valence-corrected chi connectivity index (χ3v) is 8.68. The number of alkyl halides is 1. The summed E-state index contributed by atoms with van der Waals surface area (Å²) in [5.74, 6) is 1.68. The Hall–Kier alpha value is -1.14. The van der Waals surface area contributed by atoms with Crippen molar-refractivity contribution in [2.24, 2.45) is 29.4 Å². The third-order valence-electron chi connectivity index (χ3n) is 6.64. The molecule has 1 aromatic heterocycles. The molecule has 1 N–H and O–H groups in total. The molecule has 0 radical (unpaired) electrons. The first-order valence-corrected chi connectivity index (χ1v) is 11.1. The van der Waals surface area contributed by atoms with Crippen LogP contribution in [0.5, 0.6) is 0 Å². The number of benzene rings is 1. The second-order valence-corrected chi connectivity index (χ2v) is 11.5. The zero-order chi connectivity index (χ0) is 17.9. The number of thiazole rings is 1. The number of amides is 1. The molecule has 0 spiro atoms. The zero-order valence-electron chi connectivity index (χ0n) is 15.0. The van der Waals surface area contributed by atoms with Crippen LogP contribution < -0.4 is 10.2 Å². The Bertz CT molecular complexity index is 932. The SMILES string of the molecule is Cn1/c(=N\NC(=O)CC23C[C@@H]4C[C@@H](CC(Br)(C4)C2)C3)sc2ccccc21. The molecule has 6 rings (SSSR count). The lowest BCUT2D eigenvalue weighted by Crippen LogP contribution is -2.53. The highest BCUT2D eigenvalue weighted by Crippen LogP contribution is 2.65. The minimum Gasteiger partial charge on any atom is -0.318 e. The van der Waals surface area contributed by atoms with Gasteiger partial charge in [0.05, 0.1) is 10.2 Å². The quantitative estimate of drug-likeness (QED) is 0.569. The molecule has 2 unspecified atom stereocenters. The first kappa shape index (κ1) is 17.0. The van der Waals surface area contributed by atoms with Gasteiger partial charge >= 0.3 is 0 Å². The Morgan fingerprint density at radius 2 is 2.04 bits per heavy atom. The molecule has 4 aliphatic carbocycles. The van der Waals surface area contributed by atoms with Gasteiger partial charge in [0.1, 0.15) is 0 Å². The van der Waals surface area contributed by atoms with Crippen molar-refractivity contribution < 1.29 is 4.79 Å². The molecule has 4 nitrogen and oxygen atoms in total. The number of carbonyl (C=O) groups excluding carboxylic acids is 1. The molecule has 1 aromatic carbocycles. The topological polar surface area (TPSA) is 46.4 Å². The molecule has 138 valence electrons. The van der Waals surface area contributed by atoms with Gasteiger partial charge in [-0.25, -0.2) is 5.43 Å². The number of aryl methyl sites for hydroxylation is 1. The Morgan fingerprint density at radius 3 is 2.73 bits per heavy atom. The summed E-state index contributed by atoms with van der Waals surface area (Å²) in [6.07, 6.45) is 8.19. The van der Waals surface area contributed by atoms with E-state index in [0.717, 1.165) is 28.6 Å². The van der Waals surface area contributed by atoms with E-state index in [0.29, 0.717) is 10.7 Å². The number of hydrogen-bond acceptors (Lipinski definition) is 3. The van der Waals surface area contributed by atoms with Crippen molar-refractivity contribution in [3.63, 3.8) is 0 Å². The highest BCUT2D eigenvalue weighted by molar-refractivity contribution is 9.10. The van der Waals surface area contributed by atoms with E-state index in [9.17, 15) is 4.79 Å². The van der Waals surface area contributed by atoms with Crippen molar-refractivity contribution in [1.82, 2.24) is 9.99 Å². The van der Waals surface area contributed by atoms with E-state index in [1.807, 2.05) is 23.7 Å². The number of aromatic nitrogens is 1. The van der Waals surface area contributed by atoms with Crippen molar-refractivity contribution in [2.75, 3.05) is 0 Å². The molecule has 4 atom stereocenters. The molecule has 0 saturated heterocycles. The van der Waals surface area contributed by atoms with Crippen molar-refractivity contribution in [3.8, 4) is 0 Å². The van der Waals surface area contributed by atoms with Crippen molar-refractivity contribution in [3.05, 3.63) is 29.1 Å². The smallest absolute Gasteiger partial charge is 0.240 e. The molecule has 6 heteroatoms. The Kier molecular flexibility index (Phi) is 3.87. The van der Waals surface area contributed by atoms with Crippen molar-refractivity contribution in [1.29, 1.82) is 0 Å². The summed E-state index contributed by atoms with van der Waals surface area (Å²) in [7, 11) is 2.00. The van der Waals surface area contributed by atoms with E-state index >= 15 is 0 Å². The summed E-state index contributed by atoms with van der Waals surface area (Å²) in [5.41, 5.74) is 4.18. The molecule has 1 amide bonds. The van der Waals surface area contributed by atoms with Crippen LogP contribution in [0.3, 0.4) is 0 Å². The average Bonchev–Trinajstić information content (AvgIpc) is 2.87. The van der Waals surface area contributed by atoms with Gasteiger partial charge in [0.25, 0.3) is 0 Å². The van der Waals surface area contributed by atoms with Crippen LogP contribution in [0.2, 0.25) is 0 Å². The van der Waals surface area contributed by atoms with Crippen LogP contribution in [0.15, 0.2) is 29.4 Å². The van der Waals surface area contributed by atoms with E-state index < -0.39 is 0 Å². The molecule has 4 saturated carbocycles. The molecule has 26 heavy (non-hydrogen) atoms. The second kappa shape index (κ2) is 5.93. The molecule has 1 heterocycles. The number of carbonyl (C=O) groups is 1. The monoisotopic (exact) mass is 433 g/mol. The number of hydrogen-bond donors (Lipinski definition) is 1. The summed E-state index contributed by atoms with van der Waals surface area (Å²) in [6, 6.07) is 8.23. The standard InChI is InChI=1S/C20H24BrN3OS/c1-24-15-4-2-3-5-16(15)26-18(24)23-22-17(25)11-19-7-13-6-14(8-19)10-20(21,9-13)12-19/h2-5,13-14H,6-12H2,1H3,(H,22,25)/b23-18+/t13-,14+,19?,20?. The molecule has 4 bridgehead atoms. The summed E-state index contributed by atoms with van der Waals surface area (Å²) >= 11 is 5.64. The van der Waals surface area contributed by atoms with E-state index in [4.69, 9.17) is 0 Å². The van der Waals surface area contributed by atoms with Crippen LogP contribution in [-0.4, -0.2) is 14.8 Å². The lowest BCUT2D eigenvalue weighted by Gasteiger charge is -2.60. The predicted octanol–water partition coefficient (Wildman–Crippen LogP) is 4.30. The highest BCUT2D eigenvalue weighted by atomic mass is 79.9. The first-order chi connectivity index (χ1) is 12.4. The number of halogens is 1. The molecule has 4 fully saturated rings. The summed E-state index contributed by atoms with van der Waals surface area (Å²) < 4.78 is 3.52. The van der Waals surface area contributed by atoms with Gasteiger partial charge in [0, 0.05) is 17.8 Å². The van der Waals surface area contributed by atoms with Crippen LogP contribution in [0.4, 0.5) is 0 Å². The maximum atomic E-state index is 12.7. The van der Waals surface area contributed by atoms with E-state index in [1.54, 1.807) is 11.3 Å². The maximum absolute atomic E-state index is 12.7. The molecule has 0 aliphatic heterocycles. The van der Waals surface area contributed by atoms with Gasteiger partial charge in [-0.05, 0) is 67.9 Å². The fraction of sp³-hybridized carbons (Fsp3) is 0.600. The van der Waals surface area contributed by atoms with Crippen LogP contribution in [0.1, 0.15) is 44.9 Å². The first-order valence-electron chi connectivity index (χ1n) is 9.50. The molecular formula is C20H24BrN3OS. The van der Waals surface area contributed by atoms with E-state index in [-0.39, 0.29) is 11.3 Å². The molecule has 2 aromatic rings. The normalized spacial score (nSPS) is 36.0. The van der Waals surface area contributed by atoms with Gasteiger partial charge in [-0.1, -0.05) is 39.4 Å². The van der Waals surface area contributed by atoms with Crippen LogP contribution in [0.25, 0.3) is 10.2 Å². The zero-order valence-corrected chi connectivity index (χ0v) is 17.4. The van der Waals surface area contributed by atoms with Gasteiger partial charge in [0.2, 0.25) is 10.7 Å². The maximum Gasteiger partial charge on any atom is 0.240 e. The lowest BCUT2D eigenvalue weighted by molar-refractivity contribution is -0.128. The Labute approximate surface area is 165 Å². The Balaban J connectivity index is 1.34. The van der Waals surface area contributed by atoms with Gasteiger partial charge in [-0.15, -0.1) is 5.10 Å². The van der Waals surface area contributed by atoms with E-state index in [1.165, 1.54) is 36.8 Å². The minimum atomic E-state index is 0.0699. The summed E-state index contributed by atoms with van der Waals surface area (Å²) in [4.78, 5) is 13.5. The van der Waals surface area contributed by atoms with Gasteiger partial charge in [-0.3, -0.25) is 4.79 Å². The minimum absolute atomic E-state index is 0.0699. The number of para-hydroxylation sites is 1. The van der Waals surface area contributed by atoms with Gasteiger partial charge in [-0.2, -0.15) is 0 Å². The van der Waals surface area contributed by atoms with Crippen molar-refractivity contribution >= 4 is 43.4 Å². The summed E-state index contributed by atoms with van der Waals surface area (Å²) in [5, 5.41) is 4.43. The molecule has 4 aliphatic rings. The number of nitrogens with one attached hydrogen (secondary N) is 1. The Morgan fingerprint density at radius 1 is 1.31 bits per heavy atom. The lowest BCUT2D eigenvalue weighted by atomic mass is 9.48. The highest BCUT2D eigenvalue weighted by Gasteiger charge is 2.57. The van der Waals surface area contributed by atoms with Crippen molar-refractivity contribution in [2.45, 2.75) is 49.3 Å². The third kappa shape index (κ3) is 2.85. The van der Waals surface area contributed by atoms with E-state index in [2.05, 4.69) is 38.6 Å². The predicted molar refractivity (Wildman–Crippen MR) is 108 cm³/mol. The summed E-state index contributed by atoms with van der Waals surface area (Å²) in [6.45, 7) is 0. The number of nitrogens with zero attached hydrogens (tertiary/aromatic N) is 2. The molecular weight excluding hydrogens is 410 g/mol. The fourth-order valence-electron chi connectivity index (χ4n) is 6.22. The van der Waals surface area contributed by atoms with Crippen LogP contribution >= 0.6 is 27.3 Å². The van der Waals surface area contributed by atoms with Crippen LogP contribution in [0, 0.1) is 17.3 Å². The second-order valence-electron chi connectivity index (χ2n) is 8.85. The average molecular weight is 434 g/mol. The fourth-order valence-corrected chi connectivity index (χ4v) is 8.71.